The molecule has 0 aliphatic heterocycles. The normalized spacial score (nSPS) is 11.4. The van der Waals surface area contributed by atoms with E-state index in [1.54, 1.807) is 16.2 Å². The molecule has 2 aromatic heterocycles. The Morgan fingerprint density at radius 2 is 1.89 bits per heavy atom. The van der Waals surface area contributed by atoms with E-state index in [4.69, 9.17) is 0 Å². The molecule has 1 amide bonds. The van der Waals surface area contributed by atoms with Crippen LogP contribution in [-0.4, -0.2) is 27.6 Å². The van der Waals surface area contributed by atoms with Crippen LogP contribution in [0.15, 0.2) is 59.4 Å². The predicted octanol–water partition coefficient (Wildman–Crippen LogP) is 7.60. The fourth-order valence-electron chi connectivity index (χ4n) is 4.04. The fourth-order valence-corrected chi connectivity index (χ4v) is 4.90. The van der Waals surface area contributed by atoms with E-state index in [2.05, 4.69) is 32.3 Å². The van der Waals surface area contributed by atoms with Gasteiger partial charge in [0.1, 0.15) is 0 Å². The molecule has 0 fully saturated rings. The van der Waals surface area contributed by atoms with Crippen LogP contribution in [0.3, 0.4) is 0 Å². The Hall–Kier alpha value is -3.53. The van der Waals surface area contributed by atoms with Crippen LogP contribution < -0.4 is 4.90 Å². The lowest BCUT2D eigenvalue weighted by Gasteiger charge is -2.23. The molecule has 0 aliphatic carbocycles. The molecule has 2 heterocycles. The third-order valence-corrected chi connectivity index (χ3v) is 6.78. The highest BCUT2D eigenvalue weighted by Gasteiger charge is 2.18. The number of thiazole rings is 1. The number of hydrogen-bond acceptors (Lipinski definition) is 6. The van der Waals surface area contributed by atoms with Crippen LogP contribution in [0.2, 0.25) is 0 Å². The van der Waals surface area contributed by atoms with Crippen LogP contribution in [0.25, 0.3) is 21.3 Å². The van der Waals surface area contributed by atoms with Crippen molar-refractivity contribution in [3.63, 3.8) is 0 Å². The maximum atomic E-state index is 13.3. The van der Waals surface area contributed by atoms with Crippen molar-refractivity contribution in [2.75, 3.05) is 11.4 Å². The number of halogens is 3. The van der Waals surface area contributed by atoms with Crippen molar-refractivity contribution in [3.05, 3.63) is 71.6 Å². The molecule has 0 saturated carbocycles. The molecule has 0 unspecified atom stereocenters. The molecule has 0 N–H and O–H groups in total. The zero-order chi connectivity index (χ0) is 26.4. The summed E-state index contributed by atoms with van der Waals surface area (Å²) in [6, 6.07) is 13.8. The highest BCUT2D eigenvalue weighted by Crippen LogP contribution is 2.30. The number of allylic oxidation sites excluding steroid dienone is 1. The number of fused-ring (bicyclic) bond motifs is 1. The smallest absolute Gasteiger partial charge is 0.315 e. The second kappa shape index (κ2) is 12.1. The minimum atomic E-state index is -2.79. The van der Waals surface area contributed by atoms with Gasteiger partial charge in [-0.05, 0) is 55.2 Å². The highest BCUT2D eigenvalue weighted by atomic mass is 32.1. The first-order valence-corrected chi connectivity index (χ1v) is 12.8. The minimum Gasteiger partial charge on any atom is -0.333 e. The lowest BCUT2D eigenvalue weighted by molar-refractivity contribution is -0.118. The van der Waals surface area contributed by atoms with Crippen LogP contribution in [0.1, 0.15) is 55.3 Å². The number of carbonyl (C=O) groups is 1. The van der Waals surface area contributed by atoms with Crippen LogP contribution in [0.4, 0.5) is 18.9 Å². The van der Waals surface area contributed by atoms with E-state index in [1.165, 1.54) is 0 Å². The molecule has 37 heavy (non-hydrogen) atoms. The van der Waals surface area contributed by atoms with Crippen LogP contribution in [0, 0.1) is 6.92 Å². The lowest BCUT2D eigenvalue weighted by atomic mass is 10.0. The number of aromatic nitrogens is 3. The summed E-state index contributed by atoms with van der Waals surface area (Å²) in [5.74, 6) is -1.15. The molecule has 0 atom stereocenters. The van der Waals surface area contributed by atoms with Gasteiger partial charge in [-0.3, -0.25) is 4.79 Å². The molecule has 0 saturated heterocycles. The number of benzene rings is 2. The predicted molar refractivity (Wildman–Crippen MR) is 138 cm³/mol. The molecule has 0 aliphatic rings. The molecule has 0 radical (unpaired) electrons. The molecule has 10 heteroatoms. The number of amides is 1. The Morgan fingerprint density at radius 1 is 1.08 bits per heavy atom. The monoisotopic (exact) mass is 528 g/mol. The van der Waals surface area contributed by atoms with Crippen molar-refractivity contribution in [1.29, 1.82) is 0 Å². The van der Waals surface area contributed by atoms with E-state index >= 15 is 0 Å². The van der Waals surface area contributed by atoms with Crippen molar-refractivity contribution in [2.24, 2.45) is 0 Å². The number of carbonyl (C=O) groups excluding carboxylic acids is 1. The van der Waals surface area contributed by atoms with Gasteiger partial charge in [0.25, 0.3) is 5.89 Å². The summed E-state index contributed by atoms with van der Waals surface area (Å²) >= 11 is 1.63. The fraction of sp³-hybridized carbons (Fsp3) is 0.333. The van der Waals surface area contributed by atoms with Gasteiger partial charge in [-0.15, -0.1) is 11.3 Å². The molecule has 6 nitrogen and oxygen atoms in total. The molecule has 2 aromatic carbocycles. The van der Waals surface area contributed by atoms with E-state index in [0.29, 0.717) is 25.8 Å². The molecule has 0 bridgehead atoms. The molecular formula is C27H27F3N4O2S. The summed E-state index contributed by atoms with van der Waals surface area (Å²) in [4.78, 5) is 22.9. The number of aryl methyl sites for hydroxylation is 2. The summed E-state index contributed by atoms with van der Waals surface area (Å²) in [5.41, 5.74) is 3.67. The van der Waals surface area contributed by atoms with Crippen molar-refractivity contribution in [3.8, 4) is 11.1 Å². The van der Waals surface area contributed by atoms with Gasteiger partial charge >= 0.3 is 6.43 Å². The lowest BCUT2D eigenvalue weighted by Crippen LogP contribution is -2.31. The maximum absolute atomic E-state index is 13.3. The topological polar surface area (TPSA) is 72.1 Å². The first-order chi connectivity index (χ1) is 17.8. The van der Waals surface area contributed by atoms with E-state index < -0.39 is 18.1 Å². The van der Waals surface area contributed by atoms with E-state index in [-0.39, 0.29) is 24.6 Å². The summed E-state index contributed by atoms with van der Waals surface area (Å²) in [6.07, 6.45) is -0.353. The third-order valence-electron chi connectivity index (χ3n) is 5.85. The van der Waals surface area contributed by atoms with Crippen molar-refractivity contribution >= 4 is 33.1 Å². The Kier molecular flexibility index (Phi) is 8.70. The van der Waals surface area contributed by atoms with Crippen LogP contribution in [-0.2, 0) is 11.2 Å². The number of hydrogen-bond donors (Lipinski definition) is 0. The minimum absolute atomic E-state index is 0.0188. The van der Waals surface area contributed by atoms with E-state index in [1.807, 2.05) is 43.3 Å². The van der Waals surface area contributed by atoms with E-state index in [0.717, 1.165) is 38.5 Å². The largest absolute Gasteiger partial charge is 0.333 e. The molecule has 194 valence electrons. The van der Waals surface area contributed by atoms with Gasteiger partial charge in [0.2, 0.25) is 5.91 Å². The standard InChI is InChI=1S/C27H27F3N4O2S/c1-17(28)10-13-25(35)34(14-5-3-4-9-24-32-27(26(29)30)36-33-24)21-8-6-7-19(15-21)20-11-12-22-23(16-20)37-18(2)31-22/h6-8,11-12,15-16,26H,1,3-5,9-10,13-14H2,2H3. The molecular weight excluding hydrogens is 501 g/mol. The molecule has 4 rings (SSSR count). The zero-order valence-electron chi connectivity index (χ0n) is 20.4. The first-order valence-electron chi connectivity index (χ1n) is 12.0. The van der Waals surface area contributed by atoms with Crippen molar-refractivity contribution in [1.82, 2.24) is 15.1 Å². The molecule has 0 spiro atoms. The quantitative estimate of drug-likeness (QED) is 0.177. The first kappa shape index (κ1) is 26.5. The van der Waals surface area contributed by atoms with Crippen LogP contribution in [0.5, 0.6) is 0 Å². The van der Waals surface area contributed by atoms with Gasteiger partial charge in [-0.1, -0.05) is 36.4 Å². The number of alkyl halides is 2. The average molecular weight is 529 g/mol. The Balaban J connectivity index is 1.45. The zero-order valence-corrected chi connectivity index (χ0v) is 21.2. The van der Waals surface area contributed by atoms with Crippen LogP contribution >= 0.6 is 11.3 Å². The van der Waals surface area contributed by atoms with Crippen molar-refractivity contribution < 1.29 is 22.5 Å². The SMILES string of the molecule is C=C(F)CCC(=O)N(CCCCCc1noc(C(F)F)n1)c1cccc(-c2ccc3nc(C)sc3c2)c1. The Labute approximate surface area is 216 Å². The van der Waals surface area contributed by atoms with Gasteiger partial charge in [0.05, 0.1) is 21.1 Å². The highest BCUT2D eigenvalue weighted by molar-refractivity contribution is 7.18. The van der Waals surface area contributed by atoms with Gasteiger partial charge in [-0.25, -0.2) is 9.37 Å². The van der Waals surface area contributed by atoms with E-state index in [9.17, 15) is 18.0 Å². The second-order valence-electron chi connectivity index (χ2n) is 8.69. The average Bonchev–Trinajstić information content (AvgIpc) is 3.50. The van der Waals surface area contributed by atoms with Crippen molar-refractivity contribution in [2.45, 2.75) is 51.9 Å². The van der Waals surface area contributed by atoms with Gasteiger partial charge in [0, 0.05) is 31.5 Å². The van der Waals surface area contributed by atoms with Gasteiger partial charge in [-0.2, -0.15) is 13.8 Å². The Morgan fingerprint density at radius 3 is 2.65 bits per heavy atom. The van der Waals surface area contributed by atoms with Gasteiger partial charge in [0.15, 0.2) is 5.82 Å². The van der Waals surface area contributed by atoms with Gasteiger partial charge < -0.3 is 9.42 Å². The second-order valence-corrected chi connectivity index (χ2v) is 9.92. The number of nitrogens with zero attached hydrogens (tertiary/aromatic N) is 4. The summed E-state index contributed by atoms with van der Waals surface area (Å²) < 4.78 is 44.1. The summed E-state index contributed by atoms with van der Waals surface area (Å²) in [5, 5.41) is 4.57. The maximum Gasteiger partial charge on any atom is 0.315 e. The third kappa shape index (κ3) is 7.03. The number of unbranched alkanes of at least 4 members (excludes halogenated alkanes) is 2. The summed E-state index contributed by atoms with van der Waals surface area (Å²) in [7, 11) is 0. The number of anilines is 1. The number of rotatable bonds is 12. The molecule has 4 aromatic rings. The summed E-state index contributed by atoms with van der Waals surface area (Å²) in [6.45, 7) is 5.67. The Bertz CT molecular complexity index is 1390.